The van der Waals surface area contributed by atoms with Gasteiger partial charge in [-0.25, -0.2) is 10.2 Å². The molecule has 1 amide bonds. The van der Waals surface area contributed by atoms with Crippen molar-refractivity contribution in [3.8, 4) is 28.4 Å². The van der Waals surface area contributed by atoms with Crippen LogP contribution in [-0.4, -0.2) is 31.3 Å². The number of hydrazone groups is 1. The Morgan fingerprint density at radius 2 is 1.32 bits per heavy atom. The molecule has 0 heterocycles. The van der Waals surface area contributed by atoms with Gasteiger partial charge in [-0.15, -0.1) is 0 Å². The molecule has 4 aromatic carbocycles. The summed E-state index contributed by atoms with van der Waals surface area (Å²) >= 11 is 0. The van der Waals surface area contributed by atoms with Crippen LogP contribution in [0.3, 0.4) is 0 Å². The fourth-order valence-corrected chi connectivity index (χ4v) is 3.38. The van der Waals surface area contributed by atoms with Crippen LogP contribution in [0, 0.1) is 0 Å². The molecule has 7 nitrogen and oxygen atoms in total. The van der Waals surface area contributed by atoms with E-state index in [2.05, 4.69) is 10.5 Å². The van der Waals surface area contributed by atoms with Gasteiger partial charge in [0.1, 0.15) is 17.2 Å². The monoisotopic (exact) mass is 494 g/mol. The predicted octanol–water partition coefficient (Wildman–Crippen LogP) is 5.50. The van der Waals surface area contributed by atoms with Crippen LogP contribution in [0.15, 0.2) is 108 Å². The number of rotatable bonds is 10. The number of nitrogens with one attached hydrogen (secondary N) is 1. The van der Waals surface area contributed by atoms with E-state index < -0.39 is 5.97 Å². The largest absolute Gasteiger partial charge is 0.494 e. The summed E-state index contributed by atoms with van der Waals surface area (Å²) in [5.74, 6) is 0.829. The molecule has 0 aromatic heterocycles. The quantitative estimate of drug-likeness (QED) is 0.136. The van der Waals surface area contributed by atoms with E-state index in [-0.39, 0.29) is 12.5 Å². The van der Waals surface area contributed by atoms with E-state index in [1.54, 1.807) is 48.5 Å². The molecular formula is C30H26N2O5. The Morgan fingerprint density at radius 3 is 2.00 bits per heavy atom. The minimum Gasteiger partial charge on any atom is -0.494 e. The lowest BCUT2D eigenvalue weighted by Gasteiger charge is -2.07. The molecule has 0 aliphatic rings. The van der Waals surface area contributed by atoms with E-state index >= 15 is 0 Å². The highest BCUT2D eigenvalue weighted by molar-refractivity contribution is 5.91. The third kappa shape index (κ3) is 7.53. The molecule has 0 unspecified atom stereocenters. The van der Waals surface area contributed by atoms with E-state index in [9.17, 15) is 9.59 Å². The SMILES string of the molecule is CCOc1ccc(C(=O)Oc2ccc(/C=N\NC(=O)COc3ccc(-c4ccccc4)cc3)cc2)cc1. The van der Waals surface area contributed by atoms with Crippen LogP contribution in [0.25, 0.3) is 11.1 Å². The van der Waals surface area contributed by atoms with Crippen LogP contribution >= 0.6 is 0 Å². The molecule has 7 heteroatoms. The van der Waals surface area contributed by atoms with Gasteiger partial charge in [-0.3, -0.25) is 4.79 Å². The van der Waals surface area contributed by atoms with Crippen LogP contribution in [0.5, 0.6) is 17.2 Å². The molecule has 4 rings (SSSR count). The molecule has 0 aliphatic carbocycles. The van der Waals surface area contributed by atoms with Gasteiger partial charge < -0.3 is 14.2 Å². The summed E-state index contributed by atoms with van der Waals surface area (Å²) in [4.78, 5) is 24.4. The summed E-state index contributed by atoms with van der Waals surface area (Å²) in [7, 11) is 0. The normalized spacial score (nSPS) is 10.6. The maximum atomic E-state index is 12.3. The second-order valence-electron chi connectivity index (χ2n) is 7.89. The number of carbonyl (C=O) groups is 2. The Morgan fingerprint density at radius 1 is 0.730 bits per heavy atom. The van der Waals surface area contributed by atoms with Crippen molar-refractivity contribution < 1.29 is 23.8 Å². The predicted molar refractivity (Wildman–Crippen MR) is 142 cm³/mol. The van der Waals surface area contributed by atoms with Crippen molar-refractivity contribution in [3.05, 3.63) is 114 Å². The van der Waals surface area contributed by atoms with E-state index in [1.165, 1.54) is 6.21 Å². The van der Waals surface area contributed by atoms with Gasteiger partial charge in [0.2, 0.25) is 0 Å². The highest BCUT2D eigenvalue weighted by Gasteiger charge is 2.09. The lowest BCUT2D eigenvalue weighted by atomic mass is 10.1. The molecule has 37 heavy (non-hydrogen) atoms. The van der Waals surface area contributed by atoms with Gasteiger partial charge in [-0.2, -0.15) is 5.10 Å². The van der Waals surface area contributed by atoms with Gasteiger partial charge in [-0.1, -0.05) is 42.5 Å². The highest BCUT2D eigenvalue weighted by atomic mass is 16.5. The maximum absolute atomic E-state index is 12.3. The summed E-state index contributed by atoms with van der Waals surface area (Å²) in [6.45, 7) is 2.29. The molecule has 0 fully saturated rings. The zero-order valence-corrected chi connectivity index (χ0v) is 20.3. The van der Waals surface area contributed by atoms with Crippen molar-refractivity contribution in [1.82, 2.24) is 5.43 Å². The first kappa shape index (κ1) is 25.2. The van der Waals surface area contributed by atoms with Crippen molar-refractivity contribution in [2.75, 3.05) is 13.2 Å². The Kier molecular flexibility index (Phi) is 8.64. The van der Waals surface area contributed by atoms with Crippen molar-refractivity contribution >= 4 is 18.1 Å². The Hall–Kier alpha value is -4.91. The number of carbonyl (C=O) groups excluding carboxylic acids is 2. The summed E-state index contributed by atoms with van der Waals surface area (Å²) in [5.41, 5.74) is 5.75. The van der Waals surface area contributed by atoms with Crippen LogP contribution in [0.4, 0.5) is 0 Å². The lowest BCUT2D eigenvalue weighted by molar-refractivity contribution is -0.123. The first-order valence-electron chi connectivity index (χ1n) is 11.8. The molecule has 0 radical (unpaired) electrons. The minimum absolute atomic E-state index is 0.164. The number of nitrogens with zero attached hydrogens (tertiary/aromatic N) is 1. The van der Waals surface area contributed by atoms with Crippen LogP contribution < -0.4 is 19.6 Å². The third-order valence-corrected chi connectivity index (χ3v) is 5.23. The van der Waals surface area contributed by atoms with Crippen molar-refractivity contribution in [2.24, 2.45) is 5.10 Å². The maximum Gasteiger partial charge on any atom is 0.343 e. The van der Waals surface area contributed by atoms with Gasteiger partial charge >= 0.3 is 5.97 Å². The smallest absolute Gasteiger partial charge is 0.343 e. The zero-order valence-electron chi connectivity index (χ0n) is 20.3. The Bertz CT molecular complexity index is 1330. The van der Waals surface area contributed by atoms with Crippen molar-refractivity contribution in [3.63, 3.8) is 0 Å². The zero-order chi connectivity index (χ0) is 25.9. The number of esters is 1. The van der Waals surface area contributed by atoms with Crippen LogP contribution in [0.1, 0.15) is 22.8 Å². The standard InChI is InChI=1S/C30H26N2O5/c1-2-35-26-18-12-25(13-19-26)30(34)37-28-14-8-22(9-15-28)20-31-32-29(33)21-36-27-16-10-24(11-17-27)23-6-4-3-5-7-23/h3-20H,2,21H2,1H3,(H,32,33)/b31-20-. The summed E-state index contributed by atoms with van der Waals surface area (Å²) in [5, 5.41) is 3.94. The molecule has 0 atom stereocenters. The second-order valence-corrected chi connectivity index (χ2v) is 7.89. The van der Waals surface area contributed by atoms with E-state index in [4.69, 9.17) is 14.2 Å². The summed E-state index contributed by atoms with van der Waals surface area (Å²) < 4.78 is 16.3. The summed E-state index contributed by atoms with van der Waals surface area (Å²) in [6, 6.07) is 31.0. The molecule has 4 aromatic rings. The molecular weight excluding hydrogens is 468 g/mol. The lowest BCUT2D eigenvalue weighted by Crippen LogP contribution is -2.24. The highest BCUT2D eigenvalue weighted by Crippen LogP contribution is 2.22. The fraction of sp³-hybridized carbons (Fsp3) is 0.100. The van der Waals surface area contributed by atoms with Crippen molar-refractivity contribution in [2.45, 2.75) is 6.92 Å². The molecule has 1 N–H and O–H groups in total. The molecule has 0 saturated heterocycles. The van der Waals surface area contributed by atoms with E-state index in [0.717, 1.165) is 16.7 Å². The average Bonchev–Trinajstić information content (AvgIpc) is 2.94. The molecule has 0 saturated carbocycles. The Balaban J connectivity index is 1.21. The van der Waals surface area contributed by atoms with E-state index in [1.807, 2.05) is 61.5 Å². The van der Waals surface area contributed by atoms with Crippen LogP contribution in [0.2, 0.25) is 0 Å². The van der Waals surface area contributed by atoms with Gasteiger partial charge in [0.05, 0.1) is 18.4 Å². The molecule has 186 valence electrons. The first-order chi connectivity index (χ1) is 18.1. The van der Waals surface area contributed by atoms with Crippen LogP contribution in [-0.2, 0) is 4.79 Å². The van der Waals surface area contributed by atoms with Gasteiger partial charge in [-0.05, 0) is 84.3 Å². The van der Waals surface area contributed by atoms with Gasteiger partial charge in [0.25, 0.3) is 5.91 Å². The fourth-order valence-electron chi connectivity index (χ4n) is 3.38. The van der Waals surface area contributed by atoms with Gasteiger partial charge in [0, 0.05) is 0 Å². The van der Waals surface area contributed by atoms with E-state index in [0.29, 0.717) is 29.4 Å². The third-order valence-electron chi connectivity index (χ3n) is 5.23. The average molecular weight is 495 g/mol. The van der Waals surface area contributed by atoms with Crippen molar-refractivity contribution in [1.29, 1.82) is 0 Å². The molecule has 0 spiro atoms. The molecule has 0 bridgehead atoms. The minimum atomic E-state index is -0.466. The number of benzene rings is 4. The first-order valence-corrected chi connectivity index (χ1v) is 11.8. The summed E-state index contributed by atoms with van der Waals surface area (Å²) in [6.07, 6.45) is 1.49. The second kappa shape index (κ2) is 12.7. The number of hydrogen-bond acceptors (Lipinski definition) is 6. The molecule has 0 aliphatic heterocycles. The number of amides is 1. The topological polar surface area (TPSA) is 86.2 Å². The Labute approximate surface area is 215 Å². The van der Waals surface area contributed by atoms with Gasteiger partial charge in [0.15, 0.2) is 6.61 Å². The number of hydrogen-bond donors (Lipinski definition) is 1. The number of ether oxygens (including phenoxy) is 3.